The van der Waals surface area contributed by atoms with Crippen LogP contribution in [0.3, 0.4) is 0 Å². The summed E-state index contributed by atoms with van der Waals surface area (Å²) in [5.41, 5.74) is 6.65. The van der Waals surface area contributed by atoms with E-state index in [9.17, 15) is 4.79 Å². The number of rotatable bonds is 6. The van der Waals surface area contributed by atoms with Gasteiger partial charge in [0, 0.05) is 5.39 Å². The fraction of sp³-hybridized carbons (Fsp3) is 0.250. The minimum absolute atomic E-state index is 0.111. The van der Waals surface area contributed by atoms with Crippen LogP contribution >= 0.6 is 0 Å². The summed E-state index contributed by atoms with van der Waals surface area (Å²) in [6.07, 6.45) is 3.58. The summed E-state index contributed by atoms with van der Waals surface area (Å²) in [5, 5.41) is 4.74. The number of fused-ring (bicyclic) bond motifs is 2. The number of carbonyl (C=O) groups is 1. The summed E-state index contributed by atoms with van der Waals surface area (Å²) in [5.74, 6) is 1.62. The molecule has 1 aliphatic carbocycles. The van der Waals surface area contributed by atoms with Gasteiger partial charge in [-0.1, -0.05) is 29.4 Å². The molecule has 0 N–H and O–H groups in total. The Morgan fingerprint density at radius 1 is 1.06 bits per heavy atom. The molecule has 2 heterocycles. The van der Waals surface area contributed by atoms with Crippen molar-refractivity contribution in [1.29, 1.82) is 0 Å². The van der Waals surface area contributed by atoms with Gasteiger partial charge in [0.15, 0.2) is 11.5 Å². The Morgan fingerprint density at radius 3 is 2.60 bits per heavy atom. The topological polar surface area (TPSA) is 83.7 Å². The Hall–Kier alpha value is -4.13. The predicted molar refractivity (Wildman–Crippen MR) is 133 cm³/mol. The number of aromatic nitrogens is 2. The monoisotopic (exact) mass is 470 g/mol. The molecule has 0 spiro atoms. The lowest BCUT2D eigenvalue weighted by Gasteiger charge is -2.12. The van der Waals surface area contributed by atoms with E-state index in [1.54, 1.807) is 14.2 Å². The molecule has 2 aromatic carbocycles. The minimum Gasteiger partial charge on any atom is -0.493 e. The highest BCUT2D eigenvalue weighted by Gasteiger charge is 2.28. The fourth-order valence-corrected chi connectivity index (χ4v) is 4.57. The Labute approximate surface area is 203 Å². The number of nitrogens with zero attached hydrogens (tertiary/aromatic N) is 2. The van der Waals surface area contributed by atoms with E-state index in [4.69, 9.17) is 23.7 Å². The predicted octanol–water partition coefficient (Wildman–Crippen LogP) is 5.70. The molecule has 5 rings (SSSR count). The molecule has 7 heteroatoms. The van der Waals surface area contributed by atoms with E-state index in [0.29, 0.717) is 29.2 Å². The lowest BCUT2D eigenvalue weighted by molar-refractivity contribution is 0.0472. The van der Waals surface area contributed by atoms with Crippen LogP contribution in [-0.4, -0.2) is 30.3 Å². The van der Waals surface area contributed by atoms with E-state index in [1.807, 2.05) is 56.3 Å². The van der Waals surface area contributed by atoms with Crippen molar-refractivity contribution in [1.82, 2.24) is 10.1 Å². The van der Waals surface area contributed by atoms with Gasteiger partial charge in [0.2, 0.25) is 0 Å². The first kappa shape index (κ1) is 22.7. The van der Waals surface area contributed by atoms with Crippen molar-refractivity contribution in [2.24, 2.45) is 0 Å². The molecule has 0 aliphatic heterocycles. The quantitative estimate of drug-likeness (QED) is 0.334. The molecule has 1 aliphatic rings. The van der Waals surface area contributed by atoms with Gasteiger partial charge in [-0.05, 0) is 67.7 Å². The molecule has 7 nitrogen and oxygen atoms in total. The Balaban J connectivity index is 1.55. The maximum atomic E-state index is 13.4. The molecule has 0 radical (unpaired) electrons. The highest BCUT2D eigenvalue weighted by Crippen LogP contribution is 2.39. The zero-order chi connectivity index (χ0) is 24.5. The SMILES string of the molecule is COc1ccc(C=C2CCc3c2nc2ccccc2c3C(=O)OCc2c(C)noc2C)cc1OC. The largest absolute Gasteiger partial charge is 0.493 e. The number of aryl methyl sites for hydroxylation is 2. The molecule has 0 amide bonds. The molecule has 0 atom stereocenters. The second-order valence-electron chi connectivity index (χ2n) is 8.49. The zero-order valence-electron chi connectivity index (χ0n) is 20.2. The van der Waals surface area contributed by atoms with E-state index in [2.05, 4.69) is 11.2 Å². The number of allylic oxidation sites excluding steroid dienone is 1. The second kappa shape index (κ2) is 9.25. The van der Waals surface area contributed by atoms with Crippen LogP contribution < -0.4 is 9.47 Å². The fourth-order valence-electron chi connectivity index (χ4n) is 4.57. The first-order chi connectivity index (χ1) is 17.0. The smallest absolute Gasteiger partial charge is 0.339 e. The second-order valence-corrected chi connectivity index (χ2v) is 8.49. The third-order valence-corrected chi connectivity index (χ3v) is 6.42. The van der Waals surface area contributed by atoms with E-state index in [0.717, 1.165) is 51.0 Å². The van der Waals surface area contributed by atoms with Crippen molar-refractivity contribution in [3.8, 4) is 11.5 Å². The van der Waals surface area contributed by atoms with Gasteiger partial charge in [-0.2, -0.15) is 0 Å². The molecule has 4 aromatic rings. The van der Waals surface area contributed by atoms with E-state index in [1.165, 1.54) is 0 Å². The lowest BCUT2D eigenvalue weighted by atomic mass is 10.0. The van der Waals surface area contributed by atoms with Crippen LogP contribution in [-0.2, 0) is 17.8 Å². The molecule has 178 valence electrons. The van der Waals surface area contributed by atoms with Crippen LogP contribution in [0.5, 0.6) is 11.5 Å². The molecular weight excluding hydrogens is 444 g/mol. The van der Waals surface area contributed by atoms with E-state index in [-0.39, 0.29) is 12.6 Å². The summed E-state index contributed by atoms with van der Waals surface area (Å²) in [4.78, 5) is 18.3. The number of esters is 1. The Kier molecular flexibility index (Phi) is 5.99. The number of hydrogen-bond acceptors (Lipinski definition) is 7. The first-order valence-electron chi connectivity index (χ1n) is 11.4. The minimum atomic E-state index is -0.368. The number of methoxy groups -OCH3 is 2. The summed E-state index contributed by atoms with van der Waals surface area (Å²) >= 11 is 0. The average molecular weight is 471 g/mol. The van der Waals surface area contributed by atoms with E-state index < -0.39 is 0 Å². The van der Waals surface area contributed by atoms with Gasteiger partial charge in [-0.3, -0.25) is 0 Å². The number of hydrogen-bond donors (Lipinski definition) is 0. The molecular formula is C28H26N2O5. The van der Waals surface area contributed by atoms with Gasteiger partial charge in [-0.25, -0.2) is 9.78 Å². The van der Waals surface area contributed by atoms with Crippen molar-refractivity contribution in [2.45, 2.75) is 33.3 Å². The Bertz CT molecular complexity index is 1450. The average Bonchev–Trinajstić information content (AvgIpc) is 3.42. The van der Waals surface area contributed by atoms with Crippen LogP contribution in [0.2, 0.25) is 0 Å². The van der Waals surface area contributed by atoms with Gasteiger partial charge >= 0.3 is 5.97 Å². The third kappa shape index (κ3) is 4.14. The molecule has 0 saturated heterocycles. The maximum absolute atomic E-state index is 13.4. The number of carbonyl (C=O) groups excluding carboxylic acids is 1. The van der Waals surface area contributed by atoms with Crippen LogP contribution in [0.25, 0.3) is 22.6 Å². The van der Waals surface area contributed by atoms with Gasteiger partial charge in [0.05, 0.1) is 42.3 Å². The Morgan fingerprint density at radius 2 is 1.86 bits per heavy atom. The molecule has 0 saturated carbocycles. The lowest BCUT2D eigenvalue weighted by Crippen LogP contribution is -2.11. The molecule has 35 heavy (non-hydrogen) atoms. The summed E-state index contributed by atoms with van der Waals surface area (Å²) in [6, 6.07) is 13.5. The van der Waals surface area contributed by atoms with Crippen molar-refractivity contribution >= 4 is 28.5 Å². The van der Waals surface area contributed by atoms with Crippen LogP contribution in [0.15, 0.2) is 47.0 Å². The van der Waals surface area contributed by atoms with E-state index >= 15 is 0 Å². The van der Waals surface area contributed by atoms with Crippen molar-refractivity contribution < 1.29 is 23.5 Å². The highest BCUT2D eigenvalue weighted by atomic mass is 16.5. The summed E-state index contributed by atoms with van der Waals surface area (Å²) < 4.78 is 21.8. The normalized spacial score (nSPS) is 13.8. The van der Waals surface area contributed by atoms with Gasteiger partial charge in [0.1, 0.15) is 12.4 Å². The van der Waals surface area contributed by atoms with Crippen molar-refractivity contribution in [3.05, 3.63) is 81.9 Å². The summed E-state index contributed by atoms with van der Waals surface area (Å²) in [7, 11) is 3.23. The maximum Gasteiger partial charge on any atom is 0.339 e. The standard InChI is InChI=1S/C28H26N2O5/c1-16-22(17(2)35-30-16)15-34-28(31)26-20-7-5-6-8-23(20)29-27-19(10-11-21(26)27)13-18-9-12-24(32-3)25(14-18)33-4/h5-9,12-14H,10-11,15H2,1-4H3. The first-order valence-corrected chi connectivity index (χ1v) is 11.4. The van der Waals surface area contributed by atoms with Crippen LogP contribution in [0, 0.1) is 13.8 Å². The number of para-hydroxylation sites is 1. The molecule has 0 fully saturated rings. The van der Waals surface area contributed by atoms with Crippen LogP contribution in [0.1, 0.15) is 50.6 Å². The highest BCUT2D eigenvalue weighted by molar-refractivity contribution is 6.07. The van der Waals surface area contributed by atoms with Gasteiger partial charge in [0.25, 0.3) is 0 Å². The molecule has 0 unspecified atom stereocenters. The number of benzene rings is 2. The zero-order valence-corrected chi connectivity index (χ0v) is 20.2. The molecule has 0 bridgehead atoms. The molecule has 2 aromatic heterocycles. The van der Waals surface area contributed by atoms with Gasteiger partial charge < -0.3 is 18.7 Å². The van der Waals surface area contributed by atoms with Gasteiger partial charge in [-0.15, -0.1) is 0 Å². The van der Waals surface area contributed by atoms with Crippen molar-refractivity contribution in [2.75, 3.05) is 14.2 Å². The van der Waals surface area contributed by atoms with Crippen LogP contribution in [0.4, 0.5) is 0 Å². The summed E-state index contributed by atoms with van der Waals surface area (Å²) in [6.45, 7) is 3.76. The van der Waals surface area contributed by atoms with Crippen molar-refractivity contribution in [3.63, 3.8) is 0 Å². The number of ether oxygens (including phenoxy) is 3. The number of pyridine rings is 1. The third-order valence-electron chi connectivity index (χ3n) is 6.42.